The van der Waals surface area contributed by atoms with E-state index >= 15 is 0 Å². The SMILES string of the molecule is CCCCC[C@@H](/C=C/[C@@H]1[C@@H](CC(=O)CCCCC(=O)OC)[C@@H](O)C[C@H]1O[Si](C)(C)C(C)(C)C)O[Si](C)(C)C(C)(C)C. The molecule has 1 aliphatic rings. The number of hydrogen-bond acceptors (Lipinski definition) is 6. The summed E-state index contributed by atoms with van der Waals surface area (Å²) in [5.41, 5.74) is 0. The van der Waals surface area contributed by atoms with Gasteiger partial charge in [-0.05, 0) is 61.9 Å². The van der Waals surface area contributed by atoms with E-state index in [1.165, 1.54) is 13.5 Å². The lowest BCUT2D eigenvalue weighted by atomic mass is 9.87. The van der Waals surface area contributed by atoms with Crippen LogP contribution >= 0.6 is 0 Å². The number of methoxy groups -OCH3 is 1. The number of ether oxygens (including phenoxy) is 1. The highest BCUT2D eigenvalue weighted by Gasteiger charge is 2.47. The quantitative estimate of drug-likeness (QED) is 0.0767. The van der Waals surface area contributed by atoms with Crippen LogP contribution in [-0.2, 0) is 23.2 Å². The van der Waals surface area contributed by atoms with Crippen LogP contribution in [0.1, 0.15) is 113 Å². The van der Waals surface area contributed by atoms with E-state index in [2.05, 4.69) is 86.8 Å². The molecule has 41 heavy (non-hydrogen) atoms. The molecule has 1 N–H and O–H groups in total. The molecule has 0 saturated heterocycles. The smallest absolute Gasteiger partial charge is 0.305 e. The van der Waals surface area contributed by atoms with Gasteiger partial charge >= 0.3 is 5.97 Å². The number of Topliss-reactive ketones (excluding diaryl/α,β-unsaturated/α-hetero) is 1. The summed E-state index contributed by atoms with van der Waals surface area (Å²) in [7, 11) is -2.69. The Morgan fingerprint density at radius 3 is 2.05 bits per heavy atom. The van der Waals surface area contributed by atoms with Crippen LogP contribution < -0.4 is 0 Å². The Balaban J connectivity index is 3.22. The summed E-state index contributed by atoms with van der Waals surface area (Å²) < 4.78 is 18.5. The summed E-state index contributed by atoms with van der Waals surface area (Å²) in [6, 6.07) is 0. The number of unbranched alkanes of at least 4 members (excludes halogenated alkanes) is 3. The minimum absolute atomic E-state index is 0.0170. The third-order valence-electron chi connectivity index (χ3n) is 9.81. The van der Waals surface area contributed by atoms with Gasteiger partial charge in [0.25, 0.3) is 0 Å². The Bertz CT molecular complexity index is 840. The van der Waals surface area contributed by atoms with Crippen LogP contribution in [0.5, 0.6) is 0 Å². The number of carbonyl (C=O) groups excluding carboxylic acids is 2. The first-order valence-electron chi connectivity index (χ1n) is 16.1. The average Bonchev–Trinajstić information content (AvgIpc) is 3.11. The molecular formula is C33H64O6Si2. The fraction of sp³-hybridized carbons (Fsp3) is 0.879. The molecular weight excluding hydrogens is 549 g/mol. The molecule has 0 amide bonds. The molecule has 0 bridgehead atoms. The zero-order valence-corrected chi connectivity index (χ0v) is 30.6. The van der Waals surface area contributed by atoms with Crippen LogP contribution in [0.2, 0.25) is 36.3 Å². The molecule has 0 unspecified atom stereocenters. The summed E-state index contributed by atoms with van der Waals surface area (Å²) in [6.45, 7) is 24.9. The Morgan fingerprint density at radius 1 is 0.927 bits per heavy atom. The lowest BCUT2D eigenvalue weighted by molar-refractivity contribution is -0.140. The fourth-order valence-corrected chi connectivity index (χ4v) is 7.65. The molecule has 0 spiro atoms. The number of carbonyl (C=O) groups is 2. The average molecular weight is 613 g/mol. The maximum Gasteiger partial charge on any atom is 0.305 e. The standard InChI is InChI=1S/C33H64O6Si2/c1-13-14-15-19-26(38-40(9,10)32(2,3)4)21-22-27-28(23-25(34)18-16-17-20-31(36)37-8)29(35)24-30(27)39-41(11,12)33(5,6)7/h21-22,26-30,35H,13-20,23-24H2,1-12H3/b22-21+/t26-,27+,28+,29-,30+/m0/s1. The first-order valence-corrected chi connectivity index (χ1v) is 21.9. The highest BCUT2D eigenvalue weighted by molar-refractivity contribution is 6.74. The van der Waals surface area contributed by atoms with E-state index < -0.39 is 22.7 Å². The van der Waals surface area contributed by atoms with Gasteiger partial charge in [0.1, 0.15) is 5.78 Å². The summed E-state index contributed by atoms with van der Waals surface area (Å²) in [4.78, 5) is 24.5. The third-order valence-corrected chi connectivity index (χ3v) is 18.8. The van der Waals surface area contributed by atoms with Crippen LogP contribution in [-0.4, -0.2) is 58.9 Å². The van der Waals surface area contributed by atoms with Crippen molar-refractivity contribution in [3.8, 4) is 0 Å². The maximum absolute atomic E-state index is 13.1. The predicted molar refractivity (Wildman–Crippen MR) is 175 cm³/mol. The minimum Gasteiger partial charge on any atom is -0.469 e. The Morgan fingerprint density at radius 2 is 1.51 bits per heavy atom. The fourth-order valence-electron chi connectivity index (χ4n) is 4.98. The van der Waals surface area contributed by atoms with Gasteiger partial charge in [-0.15, -0.1) is 0 Å². The van der Waals surface area contributed by atoms with E-state index in [-0.39, 0.29) is 45.9 Å². The van der Waals surface area contributed by atoms with Gasteiger partial charge in [0.15, 0.2) is 16.6 Å². The van der Waals surface area contributed by atoms with Crippen LogP contribution in [0.15, 0.2) is 12.2 Å². The number of aliphatic hydroxyl groups is 1. The van der Waals surface area contributed by atoms with Gasteiger partial charge in [0, 0.05) is 31.1 Å². The van der Waals surface area contributed by atoms with Crippen LogP contribution in [0, 0.1) is 11.8 Å². The number of esters is 1. The van der Waals surface area contributed by atoms with E-state index in [9.17, 15) is 14.7 Å². The first kappa shape index (κ1) is 38.2. The molecule has 1 fully saturated rings. The molecule has 0 heterocycles. The first-order chi connectivity index (χ1) is 18.8. The number of ketones is 1. The van der Waals surface area contributed by atoms with E-state index in [4.69, 9.17) is 13.6 Å². The molecule has 8 heteroatoms. The molecule has 6 nitrogen and oxygen atoms in total. The molecule has 0 aromatic heterocycles. The van der Waals surface area contributed by atoms with Crippen molar-refractivity contribution in [1.82, 2.24) is 0 Å². The minimum atomic E-state index is -2.09. The number of aliphatic hydroxyl groups excluding tert-OH is 1. The zero-order valence-electron chi connectivity index (χ0n) is 28.6. The summed E-state index contributed by atoms with van der Waals surface area (Å²) in [5.74, 6) is -0.330. The van der Waals surface area contributed by atoms with E-state index in [0.717, 1.165) is 19.3 Å². The van der Waals surface area contributed by atoms with Crippen molar-refractivity contribution in [2.24, 2.45) is 11.8 Å². The van der Waals surface area contributed by atoms with Crippen molar-refractivity contribution in [3.05, 3.63) is 12.2 Å². The summed E-state index contributed by atoms with van der Waals surface area (Å²) >= 11 is 0. The highest BCUT2D eigenvalue weighted by atomic mass is 28.4. The van der Waals surface area contributed by atoms with Gasteiger partial charge in [0.05, 0.1) is 25.4 Å². The second-order valence-corrected chi connectivity index (χ2v) is 24.8. The largest absolute Gasteiger partial charge is 0.469 e. The molecule has 1 saturated carbocycles. The van der Waals surface area contributed by atoms with Crippen LogP contribution in [0.25, 0.3) is 0 Å². The van der Waals surface area contributed by atoms with Gasteiger partial charge in [-0.1, -0.05) is 79.9 Å². The lowest BCUT2D eigenvalue weighted by Crippen LogP contribution is -2.45. The molecule has 0 aromatic rings. The third kappa shape index (κ3) is 12.4. The predicted octanol–water partition coefficient (Wildman–Crippen LogP) is 8.59. The van der Waals surface area contributed by atoms with Crippen molar-refractivity contribution in [2.45, 2.75) is 167 Å². The molecule has 0 aliphatic heterocycles. The highest BCUT2D eigenvalue weighted by Crippen LogP contribution is 2.44. The maximum atomic E-state index is 13.1. The Hall–Kier alpha value is -0.806. The Kier molecular flexibility index (Phi) is 15.2. The summed E-state index contributed by atoms with van der Waals surface area (Å²) in [5, 5.41) is 11.4. The molecule has 0 aromatic carbocycles. The van der Waals surface area contributed by atoms with Crippen molar-refractivity contribution >= 4 is 28.4 Å². The molecule has 5 atom stereocenters. The number of hydrogen-bond donors (Lipinski definition) is 1. The van der Waals surface area contributed by atoms with Crippen LogP contribution in [0.3, 0.4) is 0 Å². The van der Waals surface area contributed by atoms with Gasteiger partial charge in [-0.25, -0.2) is 0 Å². The van der Waals surface area contributed by atoms with E-state index in [1.54, 1.807) is 0 Å². The van der Waals surface area contributed by atoms with Crippen molar-refractivity contribution in [2.75, 3.05) is 7.11 Å². The van der Waals surface area contributed by atoms with Crippen molar-refractivity contribution in [3.63, 3.8) is 0 Å². The van der Waals surface area contributed by atoms with Crippen LogP contribution in [0.4, 0.5) is 0 Å². The van der Waals surface area contributed by atoms with E-state index in [1.807, 2.05) is 0 Å². The van der Waals surface area contributed by atoms with Gasteiger partial charge < -0.3 is 18.7 Å². The van der Waals surface area contributed by atoms with Gasteiger partial charge in [-0.3, -0.25) is 9.59 Å². The molecule has 240 valence electrons. The van der Waals surface area contributed by atoms with Gasteiger partial charge in [0.2, 0.25) is 0 Å². The Labute approximate surface area is 254 Å². The van der Waals surface area contributed by atoms with Crippen molar-refractivity contribution in [1.29, 1.82) is 0 Å². The second-order valence-electron chi connectivity index (χ2n) is 15.3. The van der Waals surface area contributed by atoms with E-state index in [0.29, 0.717) is 38.5 Å². The monoisotopic (exact) mass is 612 g/mol. The number of rotatable bonds is 17. The molecule has 1 rings (SSSR count). The normalized spacial score (nSPS) is 23.2. The molecule has 1 aliphatic carbocycles. The zero-order chi connectivity index (χ0) is 31.6. The topological polar surface area (TPSA) is 82.1 Å². The second kappa shape index (κ2) is 16.3. The van der Waals surface area contributed by atoms with Crippen molar-refractivity contribution < 1.29 is 28.3 Å². The summed E-state index contributed by atoms with van der Waals surface area (Å²) in [6.07, 6.45) is 11.1. The van der Waals surface area contributed by atoms with Gasteiger partial charge in [-0.2, -0.15) is 0 Å². The molecule has 0 radical (unpaired) electrons. The lowest BCUT2D eigenvalue weighted by Gasteiger charge is -2.40.